The van der Waals surface area contributed by atoms with Gasteiger partial charge in [-0.3, -0.25) is 0 Å². The number of aliphatic hydroxyl groups is 6. The third-order valence-corrected chi connectivity index (χ3v) is 11.8. The van der Waals surface area contributed by atoms with Crippen molar-refractivity contribution >= 4 is 0 Å². The predicted octanol–water partition coefficient (Wildman–Crippen LogP) is 1.30. The summed E-state index contributed by atoms with van der Waals surface area (Å²) in [6.07, 6.45) is -9.04. The number of aliphatic hydroxyl groups excluding tert-OH is 4. The number of hydrogen-bond acceptors (Lipinski definition) is 14. The summed E-state index contributed by atoms with van der Waals surface area (Å²) in [7, 11) is 7.15. The first kappa shape index (κ1) is 44.8. The molecule has 0 aromatic carbocycles. The van der Waals surface area contributed by atoms with Crippen LogP contribution in [0.4, 0.5) is 0 Å². The molecule has 51 heavy (non-hydrogen) atoms. The van der Waals surface area contributed by atoms with E-state index in [4.69, 9.17) is 28.4 Å². The average molecular weight is 737 g/mol. The van der Waals surface area contributed by atoms with Crippen LogP contribution < -0.4 is 0 Å². The first-order valence-electron chi connectivity index (χ1n) is 18.8. The molecule has 14 nitrogen and oxygen atoms in total. The number of hydrogen-bond donors (Lipinski definition) is 6. The van der Waals surface area contributed by atoms with Gasteiger partial charge in [-0.25, -0.2) is 0 Å². The molecule has 3 heterocycles. The van der Waals surface area contributed by atoms with Gasteiger partial charge in [-0.05, 0) is 80.9 Å². The van der Waals surface area contributed by atoms with Crippen LogP contribution >= 0.6 is 0 Å². The Morgan fingerprint density at radius 2 is 1.49 bits per heavy atom. The number of nitrogens with zero attached hydrogens (tertiary/aromatic N) is 2. The SMILES string of the molecule is CC[C@H]1OC(O)[C@H](C)[C@@H](O[C@H]2C[C@@](C)(OC)[C@@H](O)[C@H](C)O2)[C@H](C)[C@@H](O[C@@H]2O[C@H](C)C[C@H](N(C)C)[C@H]2O)[C@](C)(O)C[C@@H](C)CN(C)C[C@@H](O)[C@]1(C)O. The molecule has 302 valence electrons. The van der Waals surface area contributed by atoms with Crippen molar-refractivity contribution in [1.29, 1.82) is 0 Å². The molecule has 0 aromatic rings. The predicted molar refractivity (Wildman–Crippen MR) is 191 cm³/mol. The minimum absolute atomic E-state index is 0.108. The monoisotopic (exact) mass is 737 g/mol. The van der Waals surface area contributed by atoms with E-state index in [2.05, 4.69) is 0 Å². The maximum absolute atomic E-state index is 12.5. The fraction of sp³-hybridized carbons (Fsp3) is 1.00. The fourth-order valence-corrected chi connectivity index (χ4v) is 8.59. The van der Waals surface area contributed by atoms with Crippen molar-refractivity contribution in [3.8, 4) is 0 Å². The molecule has 14 heteroatoms. The van der Waals surface area contributed by atoms with Crippen LogP contribution in [-0.4, -0.2) is 172 Å². The number of β-amino-alcohol motifs (C(OH)–C–C–N with tert-alkyl or cyclic N) is 1. The van der Waals surface area contributed by atoms with E-state index in [1.54, 1.807) is 27.7 Å². The van der Waals surface area contributed by atoms with Gasteiger partial charge in [0, 0.05) is 44.5 Å². The highest BCUT2D eigenvalue weighted by atomic mass is 16.7. The van der Waals surface area contributed by atoms with Gasteiger partial charge in [0.15, 0.2) is 18.9 Å². The number of likely N-dealkylation sites (N-methyl/N-ethyl adjacent to an activating group) is 2. The van der Waals surface area contributed by atoms with Crippen molar-refractivity contribution in [2.45, 2.75) is 179 Å². The van der Waals surface area contributed by atoms with Crippen LogP contribution in [0.15, 0.2) is 0 Å². The lowest BCUT2D eigenvalue weighted by Gasteiger charge is -2.49. The fourth-order valence-electron chi connectivity index (χ4n) is 8.59. The van der Waals surface area contributed by atoms with Gasteiger partial charge in [0.2, 0.25) is 0 Å². The molecule has 0 amide bonds. The molecule has 0 aliphatic carbocycles. The molecule has 0 bridgehead atoms. The lowest BCUT2D eigenvalue weighted by Crippen LogP contribution is -2.60. The highest BCUT2D eigenvalue weighted by Gasteiger charge is 2.52. The lowest BCUT2D eigenvalue weighted by molar-refractivity contribution is -0.326. The summed E-state index contributed by atoms with van der Waals surface area (Å²) in [5.41, 5.74) is -4.22. The zero-order valence-corrected chi connectivity index (χ0v) is 33.4. The summed E-state index contributed by atoms with van der Waals surface area (Å²) in [5, 5.41) is 69.4. The third-order valence-electron chi connectivity index (χ3n) is 11.8. The Kier molecular flexibility index (Phi) is 15.8. The smallest absolute Gasteiger partial charge is 0.185 e. The van der Waals surface area contributed by atoms with E-state index in [9.17, 15) is 30.6 Å². The van der Waals surface area contributed by atoms with Gasteiger partial charge in [-0.15, -0.1) is 0 Å². The van der Waals surface area contributed by atoms with Crippen molar-refractivity contribution in [2.24, 2.45) is 17.8 Å². The molecule has 0 spiro atoms. The van der Waals surface area contributed by atoms with E-state index >= 15 is 0 Å². The number of methoxy groups -OCH3 is 1. The molecule has 3 aliphatic heterocycles. The standard InChI is InChI=1S/C37H72N2O12/c1-14-27-37(9,45)26(40)19-39(12)18-20(2)16-35(7,44)32(51-34-29(41)25(38(10)11)15-21(3)47-34)22(4)30(23(5)33(43)49-27)50-28-17-36(8,46-13)31(42)24(6)48-28/h20-34,40-45H,14-19H2,1-13H3/t20-,21-,22+,23-,24+,25+,26-,27-,28+,29-,30+,31+,32-,33?,34+,35-,36-,37+/m1/s1. The third kappa shape index (κ3) is 10.6. The normalized spacial score (nSPS) is 50.5. The van der Waals surface area contributed by atoms with E-state index < -0.39 is 90.2 Å². The molecule has 3 saturated heterocycles. The Morgan fingerprint density at radius 3 is 2.06 bits per heavy atom. The molecule has 18 atom stereocenters. The van der Waals surface area contributed by atoms with Crippen LogP contribution in [0.5, 0.6) is 0 Å². The molecule has 0 aromatic heterocycles. The minimum atomic E-state index is -1.71. The van der Waals surface area contributed by atoms with Gasteiger partial charge < -0.3 is 68.9 Å². The Balaban J connectivity index is 2.15. The average Bonchev–Trinajstić information content (AvgIpc) is 3.03. The zero-order chi connectivity index (χ0) is 38.8. The van der Waals surface area contributed by atoms with Crippen molar-refractivity contribution in [1.82, 2.24) is 9.80 Å². The van der Waals surface area contributed by atoms with E-state index in [-0.39, 0.29) is 37.5 Å². The first-order valence-corrected chi connectivity index (χ1v) is 18.8. The van der Waals surface area contributed by atoms with Gasteiger partial charge in [0.05, 0.1) is 47.8 Å². The molecular formula is C37H72N2O12. The summed E-state index contributed by atoms with van der Waals surface area (Å²) in [5.74, 6) is -1.59. The minimum Gasteiger partial charge on any atom is -0.389 e. The van der Waals surface area contributed by atoms with Gasteiger partial charge >= 0.3 is 0 Å². The molecular weight excluding hydrogens is 664 g/mol. The Labute approximate surface area is 306 Å². The number of rotatable bonds is 7. The second-order valence-electron chi connectivity index (χ2n) is 16.9. The van der Waals surface area contributed by atoms with Crippen molar-refractivity contribution in [3.05, 3.63) is 0 Å². The summed E-state index contributed by atoms with van der Waals surface area (Å²) >= 11 is 0. The molecule has 3 rings (SSSR count). The van der Waals surface area contributed by atoms with Crippen molar-refractivity contribution in [3.63, 3.8) is 0 Å². The quantitative estimate of drug-likeness (QED) is 0.220. The van der Waals surface area contributed by atoms with E-state index in [1.807, 2.05) is 58.6 Å². The van der Waals surface area contributed by atoms with E-state index in [1.165, 1.54) is 14.0 Å². The highest BCUT2D eigenvalue weighted by molar-refractivity contribution is 4.98. The van der Waals surface area contributed by atoms with Crippen LogP contribution in [0.25, 0.3) is 0 Å². The van der Waals surface area contributed by atoms with Crippen LogP contribution in [0.1, 0.15) is 88.0 Å². The Bertz CT molecular complexity index is 1070. The summed E-state index contributed by atoms with van der Waals surface area (Å²) < 4.78 is 37.8. The Morgan fingerprint density at radius 1 is 0.863 bits per heavy atom. The zero-order valence-electron chi connectivity index (χ0n) is 33.4. The number of ether oxygens (including phenoxy) is 6. The van der Waals surface area contributed by atoms with Crippen molar-refractivity contribution < 1.29 is 59.1 Å². The second-order valence-corrected chi connectivity index (χ2v) is 16.9. The van der Waals surface area contributed by atoms with Crippen LogP contribution in [-0.2, 0) is 28.4 Å². The summed E-state index contributed by atoms with van der Waals surface area (Å²) in [6.45, 7) is 16.7. The second kappa shape index (κ2) is 17.9. The largest absolute Gasteiger partial charge is 0.389 e. The topological polar surface area (TPSA) is 183 Å². The van der Waals surface area contributed by atoms with E-state index in [0.29, 0.717) is 19.4 Å². The maximum atomic E-state index is 12.5. The lowest BCUT2D eigenvalue weighted by atomic mass is 9.77. The van der Waals surface area contributed by atoms with Crippen LogP contribution in [0.2, 0.25) is 0 Å². The summed E-state index contributed by atoms with van der Waals surface area (Å²) in [4.78, 5) is 3.84. The highest BCUT2D eigenvalue weighted by Crippen LogP contribution is 2.40. The van der Waals surface area contributed by atoms with Gasteiger partial charge in [-0.1, -0.05) is 27.7 Å². The van der Waals surface area contributed by atoms with Crippen molar-refractivity contribution in [2.75, 3.05) is 41.3 Å². The maximum Gasteiger partial charge on any atom is 0.185 e. The molecule has 0 radical (unpaired) electrons. The van der Waals surface area contributed by atoms with Crippen LogP contribution in [0.3, 0.4) is 0 Å². The van der Waals surface area contributed by atoms with Gasteiger partial charge in [-0.2, -0.15) is 0 Å². The van der Waals surface area contributed by atoms with Crippen LogP contribution in [0, 0.1) is 17.8 Å². The summed E-state index contributed by atoms with van der Waals surface area (Å²) in [6, 6.07) is -0.254. The van der Waals surface area contributed by atoms with Gasteiger partial charge in [0.1, 0.15) is 17.8 Å². The molecule has 3 fully saturated rings. The molecule has 0 saturated carbocycles. The first-order chi connectivity index (χ1) is 23.5. The Hall–Kier alpha value is -0.560. The molecule has 6 N–H and O–H groups in total. The molecule has 1 unspecified atom stereocenters. The molecule has 3 aliphatic rings. The van der Waals surface area contributed by atoms with E-state index in [0.717, 1.165) is 0 Å². The van der Waals surface area contributed by atoms with Gasteiger partial charge in [0.25, 0.3) is 0 Å².